The Bertz CT molecular complexity index is 782. The van der Waals surface area contributed by atoms with Crippen LogP contribution < -0.4 is 20.3 Å². The van der Waals surface area contributed by atoms with E-state index in [-0.39, 0.29) is 17.4 Å². The summed E-state index contributed by atoms with van der Waals surface area (Å²) in [6.07, 6.45) is 3.64. The van der Waals surface area contributed by atoms with Gasteiger partial charge in [-0.3, -0.25) is 4.79 Å². The number of benzene rings is 1. The zero-order valence-corrected chi connectivity index (χ0v) is 15.5. The Labute approximate surface area is 153 Å². The van der Waals surface area contributed by atoms with Crippen molar-refractivity contribution in [1.82, 2.24) is 10.6 Å². The number of rotatable bonds is 2. The molecule has 2 N–H and O–H groups in total. The molecule has 2 aliphatic heterocycles. The third kappa shape index (κ3) is 2.62. The molecule has 2 atom stereocenters. The average molecular weight is 355 g/mol. The summed E-state index contributed by atoms with van der Waals surface area (Å²) in [5.74, 6) is 1.13. The minimum atomic E-state index is -0.457. The summed E-state index contributed by atoms with van der Waals surface area (Å²) in [6, 6.07) is 7.88. The van der Waals surface area contributed by atoms with Gasteiger partial charge in [0.15, 0.2) is 0 Å². The van der Waals surface area contributed by atoms with Gasteiger partial charge in [0.1, 0.15) is 5.75 Å². The lowest BCUT2D eigenvalue weighted by Crippen LogP contribution is -2.61. The van der Waals surface area contributed by atoms with E-state index in [4.69, 9.17) is 9.73 Å². The van der Waals surface area contributed by atoms with E-state index in [9.17, 15) is 4.79 Å². The zero-order valence-electron chi connectivity index (χ0n) is 15.5. The molecule has 0 radical (unpaired) electrons. The number of hydrogen-bond donors (Lipinski definition) is 2. The molecular weight excluding hydrogens is 330 g/mol. The first-order valence-corrected chi connectivity index (χ1v) is 9.15. The Hall–Kier alpha value is -2.57. The molecule has 26 heavy (non-hydrogen) atoms. The third-order valence-corrected chi connectivity index (χ3v) is 5.66. The molecule has 0 aromatic heterocycles. The van der Waals surface area contributed by atoms with Crippen molar-refractivity contribution in [2.24, 2.45) is 15.9 Å². The van der Waals surface area contributed by atoms with Gasteiger partial charge in [-0.25, -0.2) is 4.99 Å². The molecule has 1 saturated carbocycles. The largest absolute Gasteiger partial charge is 0.448 e. The Balaban J connectivity index is 1.65. The summed E-state index contributed by atoms with van der Waals surface area (Å²) in [5, 5.41) is 6.28. The molecule has 1 amide bonds. The molecule has 4 rings (SSSR count). The highest BCUT2D eigenvalue weighted by molar-refractivity contribution is 6.11. The first-order chi connectivity index (χ1) is 12.5. The summed E-state index contributed by atoms with van der Waals surface area (Å²) in [4.78, 5) is 23.8. The van der Waals surface area contributed by atoms with Crippen LogP contribution in [0.3, 0.4) is 0 Å². The zero-order chi connectivity index (χ0) is 18.3. The number of guanidine groups is 1. The Morgan fingerprint density at radius 2 is 2.12 bits per heavy atom. The summed E-state index contributed by atoms with van der Waals surface area (Å²) < 4.78 is 5.95. The third-order valence-electron chi connectivity index (χ3n) is 5.66. The van der Waals surface area contributed by atoms with Gasteiger partial charge in [-0.05, 0) is 31.9 Å². The van der Waals surface area contributed by atoms with Crippen molar-refractivity contribution >= 4 is 23.3 Å². The second-order valence-corrected chi connectivity index (χ2v) is 7.26. The molecule has 1 fully saturated rings. The van der Waals surface area contributed by atoms with E-state index >= 15 is 0 Å². The van der Waals surface area contributed by atoms with Gasteiger partial charge in [0.25, 0.3) is 6.35 Å². The van der Waals surface area contributed by atoms with Crippen LogP contribution in [0.25, 0.3) is 0 Å². The topological polar surface area (TPSA) is 78.3 Å². The summed E-state index contributed by atoms with van der Waals surface area (Å²) in [7, 11) is 3.64. The second kappa shape index (κ2) is 6.30. The van der Waals surface area contributed by atoms with Gasteiger partial charge in [-0.15, -0.1) is 0 Å². The van der Waals surface area contributed by atoms with Gasteiger partial charge < -0.3 is 20.3 Å². The fourth-order valence-electron chi connectivity index (χ4n) is 4.40. The molecule has 2 unspecified atom stereocenters. The maximum atomic E-state index is 12.5. The van der Waals surface area contributed by atoms with Crippen molar-refractivity contribution in [3.8, 4) is 5.75 Å². The average Bonchev–Trinajstić information content (AvgIpc) is 3.20. The molecule has 0 bridgehead atoms. The molecule has 3 aliphatic rings. The van der Waals surface area contributed by atoms with E-state index in [2.05, 4.69) is 15.6 Å². The lowest BCUT2D eigenvalue weighted by atomic mass is 9.77. The number of hydrogen-bond acceptors (Lipinski definition) is 4. The van der Waals surface area contributed by atoms with Crippen molar-refractivity contribution in [1.29, 1.82) is 0 Å². The van der Waals surface area contributed by atoms with Crippen molar-refractivity contribution in [3.63, 3.8) is 0 Å². The van der Waals surface area contributed by atoms with Gasteiger partial charge in [-0.2, -0.15) is 4.99 Å². The van der Waals surface area contributed by atoms with Crippen LogP contribution in [0, 0.1) is 5.92 Å². The van der Waals surface area contributed by atoms with Gasteiger partial charge >= 0.3 is 0 Å². The molecular formula is C19H25N5O2. The van der Waals surface area contributed by atoms with Gasteiger partial charge in [0.05, 0.1) is 17.1 Å². The SMILES string of the molecule is CNC(=O)C1C(C)=NC(=NC2Oc3ccccc3N2C)NC12CCCC2. The van der Waals surface area contributed by atoms with E-state index in [0.29, 0.717) is 5.96 Å². The summed E-state index contributed by atoms with van der Waals surface area (Å²) in [6.45, 7) is 1.92. The fourth-order valence-corrected chi connectivity index (χ4v) is 4.40. The number of ether oxygens (including phenoxy) is 1. The molecule has 7 heteroatoms. The predicted molar refractivity (Wildman–Crippen MR) is 102 cm³/mol. The number of aliphatic imine (C=N–C) groups is 2. The number of fused-ring (bicyclic) bond motifs is 1. The number of carbonyl (C=O) groups is 1. The van der Waals surface area contributed by atoms with Crippen LogP contribution in [0.4, 0.5) is 5.69 Å². The Morgan fingerprint density at radius 1 is 1.38 bits per heavy atom. The summed E-state index contributed by atoms with van der Waals surface area (Å²) >= 11 is 0. The van der Waals surface area contributed by atoms with Crippen LogP contribution >= 0.6 is 0 Å². The van der Waals surface area contributed by atoms with Crippen LogP contribution in [-0.2, 0) is 4.79 Å². The number of carbonyl (C=O) groups excluding carboxylic acids is 1. The number of amides is 1. The van der Waals surface area contributed by atoms with E-state index in [1.54, 1.807) is 7.05 Å². The number of nitrogens with one attached hydrogen (secondary N) is 2. The first-order valence-electron chi connectivity index (χ1n) is 9.15. The lowest BCUT2D eigenvalue weighted by Gasteiger charge is -2.41. The standard InChI is InChI=1S/C19H25N5O2/c1-12-15(16(25)20-2)19(10-6-7-11-19)23-17(21-12)22-18-24(3)13-8-4-5-9-14(13)26-18/h4-5,8-9,15,18H,6-7,10-11H2,1-3H3,(H,20,25)(H,22,23). The quantitative estimate of drug-likeness (QED) is 0.849. The predicted octanol–water partition coefficient (Wildman–Crippen LogP) is 1.89. The fraction of sp³-hybridized carbons (Fsp3) is 0.526. The monoisotopic (exact) mass is 355 g/mol. The maximum Gasteiger partial charge on any atom is 0.273 e. The second-order valence-electron chi connectivity index (χ2n) is 7.26. The van der Waals surface area contributed by atoms with Gasteiger partial charge in [0, 0.05) is 19.8 Å². The molecule has 1 aromatic rings. The minimum absolute atomic E-state index is 0.0151. The van der Waals surface area contributed by atoms with Crippen molar-refractivity contribution < 1.29 is 9.53 Å². The van der Waals surface area contributed by atoms with Crippen LogP contribution in [0.5, 0.6) is 5.75 Å². The molecule has 1 aromatic carbocycles. The molecule has 7 nitrogen and oxygen atoms in total. The molecule has 2 heterocycles. The van der Waals surface area contributed by atoms with E-state index < -0.39 is 6.35 Å². The van der Waals surface area contributed by atoms with E-state index in [1.165, 1.54) is 0 Å². The summed E-state index contributed by atoms with van der Waals surface area (Å²) in [5.41, 5.74) is 1.52. The maximum absolute atomic E-state index is 12.5. The van der Waals surface area contributed by atoms with Crippen molar-refractivity contribution in [2.75, 3.05) is 19.0 Å². The first kappa shape index (κ1) is 16.9. The van der Waals surface area contributed by atoms with Crippen LogP contribution in [-0.4, -0.2) is 43.6 Å². The van der Waals surface area contributed by atoms with Crippen LogP contribution in [0.15, 0.2) is 34.3 Å². The Kier molecular flexibility index (Phi) is 4.09. The normalized spacial score (nSPS) is 27.7. The highest BCUT2D eigenvalue weighted by Crippen LogP contribution is 2.40. The van der Waals surface area contributed by atoms with Gasteiger partial charge in [0.2, 0.25) is 11.9 Å². The number of para-hydroxylation sites is 2. The van der Waals surface area contributed by atoms with E-state index in [0.717, 1.165) is 42.8 Å². The van der Waals surface area contributed by atoms with Crippen LogP contribution in [0.1, 0.15) is 32.6 Å². The number of anilines is 1. The molecule has 1 spiro atoms. The molecule has 0 saturated heterocycles. The number of nitrogens with zero attached hydrogens (tertiary/aromatic N) is 3. The molecule has 138 valence electrons. The van der Waals surface area contributed by atoms with Gasteiger partial charge in [-0.1, -0.05) is 25.0 Å². The smallest absolute Gasteiger partial charge is 0.273 e. The van der Waals surface area contributed by atoms with Crippen molar-refractivity contribution in [2.45, 2.75) is 44.5 Å². The van der Waals surface area contributed by atoms with Crippen molar-refractivity contribution in [3.05, 3.63) is 24.3 Å². The Morgan fingerprint density at radius 3 is 2.81 bits per heavy atom. The molecule has 1 aliphatic carbocycles. The highest BCUT2D eigenvalue weighted by Gasteiger charge is 2.49. The van der Waals surface area contributed by atoms with E-state index in [1.807, 2.05) is 43.1 Å². The van der Waals surface area contributed by atoms with Crippen LogP contribution in [0.2, 0.25) is 0 Å². The minimum Gasteiger partial charge on any atom is -0.448 e. The lowest BCUT2D eigenvalue weighted by molar-refractivity contribution is -0.124. The highest BCUT2D eigenvalue weighted by atomic mass is 16.5.